The minimum atomic E-state index is -3.67. The molecule has 2 saturated carbocycles. The van der Waals surface area contributed by atoms with Crippen LogP contribution in [0.25, 0.3) is 0 Å². The first kappa shape index (κ1) is 21.1. The van der Waals surface area contributed by atoms with E-state index in [9.17, 15) is 13.2 Å². The molecule has 1 aromatic rings. The van der Waals surface area contributed by atoms with Gasteiger partial charge < -0.3 is 10.6 Å². The van der Waals surface area contributed by atoms with Crippen LogP contribution in [0.4, 0.5) is 5.69 Å². The number of sulfonamides is 1. The predicted octanol–water partition coefficient (Wildman–Crippen LogP) is 3.31. The first-order valence-corrected chi connectivity index (χ1v) is 11.5. The standard InChI is InChI=1S/C21H33N3O3S/c1-7-24(6)28(26,27)17-12-14(8-9-16(17)22-5)18(25)23-19-20(2,3)15-10-11-21(19,4)13-15/h8-9,12,15,19,22H,7,10-11,13H2,1-6H3,(H,23,25). The molecule has 0 spiro atoms. The second kappa shape index (κ2) is 7.02. The Kier molecular flexibility index (Phi) is 5.30. The second-order valence-electron chi connectivity index (χ2n) is 9.20. The van der Waals surface area contributed by atoms with Crippen molar-refractivity contribution in [3.8, 4) is 0 Å². The highest BCUT2D eigenvalue weighted by Crippen LogP contribution is 2.62. The van der Waals surface area contributed by atoms with Crippen molar-refractivity contribution in [3.05, 3.63) is 23.8 Å². The Labute approximate surface area is 169 Å². The molecule has 6 nitrogen and oxygen atoms in total. The first-order valence-electron chi connectivity index (χ1n) is 10.1. The van der Waals surface area contributed by atoms with Crippen LogP contribution in [0.1, 0.15) is 57.3 Å². The van der Waals surface area contributed by atoms with E-state index in [2.05, 4.69) is 31.4 Å². The molecule has 0 aliphatic heterocycles. The third-order valence-electron chi connectivity index (χ3n) is 7.19. The van der Waals surface area contributed by atoms with E-state index in [1.807, 2.05) is 0 Å². The Bertz CT molecular complexity index is 876. The Balaban J connectivity index is 1.92. The molecule has 2 N–H and O–H groups in total. The molecule has 28 heavy (non-hydrogen) atoms. The summed E-state index contributed by atoms with van der Waals surface area (Å²) in [6, 6.07) is 4.94. The summed E-state index contributed by atoms with van der Waals surface area (Å²) in [7, 11) is -0.446. The molecular weight excluding hydrogens is 374 g/mol. The summed E-state index contributed by atoms with van der Waals surface area (Å²) >= 11 is 0. The number of nitrogens with zero attached hydrogens (tertiary/aromatic N) is 1. The number of benzene rings is 1. The van der Waals surface area contributed by atoms with Gasteiger partial charge in [0.25, 0.3) is 5.91 Å². The van der Waals surface area contributed by atoms with Crippen molar-refractivity contribution >= 4 is 21.6 Å². The number of amides is 1. The van der Waals surface area contributed by atoms with Crippen LogP contribution in [0.15, 0.2) is 23.1 Å². The topological polar surface area (TPSA) is 78.5 Å². The van der Waals surface area contributed by atoms with Crippen LogP contribution in [0.3, 0.4) is 0 Å². The maximum Gasteiger partial charge on any atom is 0.251 e. The lowest BCUT2D eigenvalue weighted by molar-refractivity contribution is 0.0737. The highest BCUT2D eigenvalue weighted by atomic mass is 32.2. The summed E-state index contributed by atoms with van der Waals surface area (Å²) in [4.78, 5) is 13.2. The largest absolute Gasteiger partial charge is 0.387 e. The molecule has 2 bridgehead atoms. The molecule has 3 rings (SSSR count). The lowest BCUT2D eigenvalue weighted by atomic mass is 9.68. The lowest BCUT2D eigenvalue weighted by Crippen LogP contribution is -2.52. The van der Waals surface area contributed by atoms with E-state index in [0.29, 0.717) is 23.7 Å². The van der Waals surface area contributed by atoms with Crippen molar-refractivity contribution < 1.29 is 13.2 Å². The number of fused-ring (bicyclic) bond motifs is 2. The summed E-state index contributed by atoms with van der Waals surface area (Å²) < 4.78 is 27.0. The highest BCUT2D eigenvalue weighted by Gasteiger charge is 2.59. The van der Waals surface area contributed by atoms with Gasteiger partial charge in [0, 0.05) is 32.2 Å². The quantitative estimate of drug-likeness (QED) is 0.758. The van der Waals surface area contributed by atoms with Gasteiger partial charge in [-0.2, -0.15) is 0 Å². The van der Waals surface area contributed by atoms with Gasteiger partial charge in [-0.3, -0.25) is 4.79 Å². The predicted molar refractivity (Wildman–Crippen MR) is 112 cm³/mol. The number of hydrogen-bond donors (Lipinski definition) is 2. The van der Waals surface area contributed by atoms with Crippen molar-refractivity contribution in [3.63, 3.8) is 0 Å². The number of carbonyl (C=O) groups excluding carboxylic acids is 1. The third-order valence-corrected chi connectivity index (χ3v) is 9.16. The summed E-state index contributed by atoms with van der Waals surface area (Å²) in [6.45, 7) is 8.89. The smallest absolute Gasteiger partial charge is 0.251 e. The van der Waals surface area contributed by atoms with Crippen molar-refractivity contribution in [1.82, 2.24) is 9.62 Å². The van der Waals surface area contributed by atoms with Gasteiger partial charge in [-0.1, -0.05) is 27.7 Å². The van der Waals surface area contributed by atoms with Crippen molar-refractivity contribution in [2.75, 3.05) is 26.0 Å². The number of hydrogen-bond acceptors (Lipinski definition) is 4. The monoisotopic (exact) mass is 407 g/mol. The van der Waals surface area contributed by atoms with E-state index in [0.717, 1.165) is 12.8 Å². The molecule has 7 heteroatoms. The minimum absolute atomic E-state index is 0.0465. The molecule has 0 heterocycles. The summed E-state index contributed by atoms with van der Waals surface area (Å²) in [6.07, 6.45) is 3.49. The SMILES string of the molecule is CCN(C)S(=O)(=O)c1cc(C(=O)NC2C3(C)CCC(C3)C2(C)C)ccc1NC. The van der Waals surface area contributed by atoms with E-state index >= 15 is 0 Å². The fraction of sp³-hybridized carbons (Fsp3) is 0.667. The minimum Gasteiger partial charge on any atom is -0.387 e. The second-order valence-corrected chi connectivity index (χ2v) is 11.2. The summed E-state index contributed by atoms with van der Waals surface area (Å²) in [5, 5.41) is 6.17. The van der Waals surface area contributed by atoms with Gasteiger partial charge in [0.2, 0.25) is 10.0 Å². The number of nitrogens with one attached hydrogen (secondary N) is 2. The maximum absolute atomic E-state index is 13.1. The molecule has 2 aliphatic carbocycles. The van der Waals surface area contributed by atoms with Crippen molar-refractivity contribution in [2.45, 2.75) is 57.9 Å². The Morgan fingerprint density at radius 2 is 1.96 bits per heavy atom. The van der Waals surface area contributed by atoms with Gasteiger partial charge in [-0.25, -0.2) is 12.7 Å². The zero-order valence-electron chi connectivity index (χ0n) is 17.8. The zero-order valence-corrected chi connectivity index (χ0v) is 18.6. The van der Waals surface area contributed by atoms with Crippen LogP contribution in [0.5, 0.6) is 0 Å². The van der Waals surface area contributed by atoms with Crippen molar-refractivity contribution in [2.24, 2.45) is 16.7 Å². The molecule has 0 radical (unpaired) electrons. The van der Waals surface area contributed by atoms with E-state index in [4.69, 9.17) is 0 Å². The van der Waals surface area contributed by atoms with Gasteiger partial charge >= 0.3 is 0 Å². The van der Waals surface area contributed by atoms with Crippen LogP contribution in [-0.4, -0.2) is 45.3 Å². The average molecular weight is 408 g/mol. The average Bonchev–Trinajstić information content (AvgIpc) is 3.14. The molecule has 3 unspecified atom stereocenters. The number of carbonyl (C=O) groups is 1. The summed E-state index contributed by atoms with van der Waals surface area (Å²) in [5.74, 6) is 0.425. The van der Waals surface area contributed by atoms with Gasteiger partial charge in [0.05, 0.1) is 5.69 Å². The van der Waals surface area contributed by atoms with Crippen LogP contribution < -0.4 is 10.6 Å². The molecule has 0 saturated heterocycles. The van der Waals surface area contributed by atoms with Crippen LogP contribution in [0, 0.1) is 16.7 Å². The molecule has 2 fully saturated rings. The van der Waals surface area contributed by atoms with E-state index in [-0.39, 0.29) is 27.7 Å². The maximum atomic E-state index is 13.1. The van der Waals surface area contributed by atoms with Gasteiger partial charge in [-0.05, 0) is 54.2 Å². The normalized spacial score (nSPS) is 28.5. The van der Waals surface area contributed by atoms with Gasteiger partial charge in [0.1, 0.15) is 4.90 Å². The zero-order chi connectivity index (χ0) is 20.9. The molecule has 1 amide bonds. The van der Waals surface area contributed by atoms with Gasteiger partial charge in [-0.15, -0.1) is 0 Å². The first-order chi connectivity index (χ1) is 13.0. The highest BCUT2D eigenvalue weighted by molar-refractivity contribution is 7.89. The fourth-order valence-corrected chi connectivity index (χ4v) is 6.70. The third kappa shape index (κ3) is 3.22. The van der Waals surface area contributed by atoms with E-state index < -0.39 is 10.0 Å². The Morgan fingerprint density at radius 1 is 1.29 bits per heavy atom. The Morgan fingerprint density at radius 3 is 2.50 bits per heavy atom. The molecule has 156 valence electrons. The number of rotatable bonds is 6. The van der Waals surface area contributed by atoms with E-state index in [1.165, 1.54) is 16.8 Å². The van der Waals surface area contributed by atoms with Crippen LogP contribution in [-0.2, 0) is 10.0 Å². The van der Waals surface area contributed by atoms with Crippen molar-refractivity contribution in [1.29, 1.82) is 0 Å². The molecule has 1 aromatic carbocycles. The fourth-order valence-electron chi connectivity index (χ4n) is 5.30. The Hall–Kier alpha value is -1.60. The van der Waals surface area contributed by atoms with Gasteiger partial charge in [0.15, 0.2) is 0 Å². The number of anilines is 1. The van der Waals surface area contributed by atoms with E-state index in [1.54, 1.807) is 33.2 Å². The molecule has 0 aromatic heterocycles. The van der Waals surface area contributed by atoms with Crippen LogP contribution in [0.2, 0.25) is 0 Å². The molecule has 2 aliphatic rings. The van der Waals surface area contributed by atoms with Crippen LogP contribution >= 0.6 is 0 Å². The summed E-state index contributed by atoms with van der Waals surface area (Å²) in [5.41, 5.74) is 1.03. The molecular formula is C21H33N3O3S. The molecule has 3 atom stereocenters. The lowest BCUT2D eigenvalue weighted by Gasteiger charge is -2.43.